The molecule has 12 rings (SSSR count). The van der Waals surface area contributed by atoms with E-state index in [-0.39, 0.29) is 0 Å². The summed E-state index contributed by atoms with van der Waals surface area (Å²) in [5, 5.41) is 5.52. The zero-order chi connectivity index (χ0) is 38.9. The van der Waals surface area contributed by atoms with Gasteiger partial charge in [0.05, 0.1) is 38.0 Å². The molecular formula is C52H32N6S. The van der Waals surface area contributed by atoms with Crippen molar-refractivity contribution in [3.05, 3.63) is 194 Å². The summed E-state index contributed by atoms with van der Waals surface area (Å²) in [4.78, 5) is 21.0. The monoisotopic (exact) mass is 772 g/mol. The fourth-order valence-electron chi connectivity index (χ4n) is 8.57. The van der Waals surface area contributed by atoms with Crippen LogP contribution in [-0.2, 0) is 0 Å². The van der Waals surface area contributed by atoms with Crippen molar-refractivity contribution >= 4 is 65.2 Å². The lowest BCUT2D eigenvalue weighted by atomic mass is 10.0. The molecule has 4 aromatic heterocycles. The van der Waals surface area contributed by atoms with Crippen LogP contribution in [0.3, 0.4) is 0 Å². The Labute approximate surface area is 343 Å². The van der Waals surface area contributed by atoms with E-state index in [1.165, 1.54) is 5.39 Å². The maximum absolute atomic E-state index is 5.38. The Morgan fingerprint density at radius 1 is 0.373 bits per heavy atom. The highest BCUT2D eigenvalue weighted by molar-refractivity contribution is 7.21. The highest BCUT2D eigenvalue weighted by atomic mass is 32.1. The number of thiazole rings is 1. The van der Waals surface area contributed by atoms with Crippen LogP contribution in [-0.4, -0.2) is 29.1 Å². The summed E-state index contributed by atoms with van der Waals surface area (Å²) < 4.78 is 5.84. The van der Waals surface area contributed by atoms with E-state index in [0.717, 1.165) is 87.0 Å². The first-order valence-corrected chi connectivity index (χ1v) is 20.5. The first-order valence-electron chi connectivity index (χ1n) is 19.7. The molecule has 7 heteroatoms. The van der Waals surface area contributed by atoms with Gasteiger partial charge in [-0.15, -0.1) is 11.3 Å². The average Bonchev–Trinajstić information content (AvgIpc) is 4.00. The number of fused-ring (bicyclic) bond motifs is 8. The van der Waals surface area contributed by atoms with Crippen LogP contribution in [0.5, 0.6) is 0 Å². The third-order valence-corrected chi connectivity index (χ3v) is 12.3. The molecule has 0 aliphatic rings. The van der Waals surface area contributed by atoms with Gasteiger partial charge in [0.15, 0.2) is 11.6 Å². The first kappa shape index (κ1) is 33.4. The summed E-state index contributed by atoms with van der Waals surface area (Å²) in [6.45, 7) is 0. The van der Waals surface area contributed by atoms with E-state index in [1.54, 1.807) is 11.3 Å². The van der Waals surface area contributed by atoms with Gasteiger partial charge in [0, 0.05) is 38.2 Å². The van der Waals surface area contributed by atoms with Gasteiger partial charge in [-0.1, -0.05) is 152 Å². The number of aromatic nitrogens is 6. The summed E-state index contributed by atoms with van der Waals surface area (Å²) in [5.41, 5.74) is 11.4. The minimum absolute atomic E-state index is 0.550. The van der Waals surface area contributed by atoms with Crippen molar-refractivity contribution in [3.63, 3.8) is 0 Å². The number of benzene rings is 8. The number of para-hydroxylation sites is 4. The standard InChI is InChI=1S/C52H32N6S/c1-3-16-33(17-4-1)35-20-15-21-36(32-35)50-54-49(34-18-5-2-6-19-34)55-52(56-50)58-44-27-12-8-23-38(44)40-31-30-39-37-22-7-11-26-43(37)57(47(39)48(40)58)45-28-13-9-24-41(45)51-53-42-25-10-14-29-46(42)59-51/h1-32H. The minimum atomic E-state index is 0.550. The lowest BCUT2D eigenvalue weighted by Crippen LogP contribution is -2.07. The Morgan fingerprint density at radius 3 is 1.68 bits per heavy atom. The molecule has 4 heterocycles. The second-order valence-corrected chi connectivity index (χ2v) is 15.7. The molecule has 6 nitrogen and oxygen atoms in total. The second kappa shape index (κ2) is 13.4. The van der Waals surface area contributed by atoms with E-state index in [9.17, 15) is 0 Å². The van der Waals surface area contributed by atoms with Gasteiger partial charge in [-0.05, 0) is 53.6 Å². The fourth-order valence-corrected chi connectivity index (χ4v) is 9.57. The van der Waals surface area contributed by atoms with Gasteiger partial charge in [0.1, 0.15) is 5.01 Å². The molecule has 0 N–H and O–H groups in total. The maximum Gasteiger partial charge on any atom is 0.238 e. The van der Waals surface area contributed by atoms with Gasteiger partial charge < -0.3 is 4.57 Å². The molecule has 0 aliphatic carbocycles. The van der Waals surface area contributed by atoms with E-state index in [1.807, 2.05) is 24.3 Å². The van der Waals surface area contributed by atoms with Crippen LogP contribution < -0.4 is 0 Å². The van der Waals surface area contributed by atoms with Crippen molar-refractivity contribution in [2.24, 2.45) is 0 Å². The molecule has 0 radical (unpaired) electrons. The molecule has 0 amide bonds. The third kappa shape index (κ3) is 5.40. The van der Waals surface area contributed by atoms with Crippen molar-refractivity contribution in [2.45, 2.75) is 0 Å². The molecule has 0 bridgehead atoms. The zero-order valence-corrected chi connectivity index (χ0v) is 32.4. The Balaban J connectivity index is 1.19. The minimum Gasteiger partial charge on any atom is -0.306 e. The van der Waals surface area contributed by atoms with Gasteiger partial charge in [-0.25, -0.2) is 9.97 Å². The van der Waals surface area contributed by atoms with Crippen LogP contribution >= 0.6 is 11.3 Å². The highest BCUT2D eigenvalue weighted by Gasteiger charge is 2.25. The predicted molar refractivity (Wildman–Crippen MR) is 243 cm³/mol. The van der Waals surface area contributed by atoms with Crippen molar-refractivity contribution in [3.8, 4) is 56.1 Å². The first-order chi connectivity index (χ1) is 29.3. The molecule has 0 spiro atoms. The van der Waals surface area contributed by atoms with Gasteiger partial charge >= 0.3 is 0 Å². The summed E-state index contributed by atoms with van der Waals surface area (Å²) >= 11 is 1.72. The number of rotatable bonds is 6. The Kier molecular flexibility index (Phi) is 7.61. The van der Waals surface area contributed by atoms with E-state index < -0.39 is 0 Å². The maximum atomic E-state index is 5.38. The summed E-state index contributed by atoms with van der Waals surface area (Å²) in [6, 6.07) is 67.9. The number of nitrogens with zero attached hydrogens (tertiary/aromatic N) is 6. The lowest BCUT2D eigenvalue weighted by molar-refractivity contribution is 0.953. The molecule has 276 valence electrons. The van der Waals surface area contributed by atoms with Crippen LogP contribution in [0, 0.1) is 0 Å². The Morgan fingerprint density at radius 2 is 0.932 bits per heavy atom. The van der Waals surface area contributed by atoms with Gasteiger partial charge in [-0.2, -0.15) is 9.97 Å². The van der Waals surface area contributed by atoms with Gasteiger partial charge in [0.2, 0.25) is 5.95 Å². The Bertz CT molecular complexity index is 3530. The van der Waals surface area contributed by atoms with Crippen molar-refractivity contribution in [1.29, 1.82) is 0 Å². The van der Waals surface area contributed by atoms with E-state index in [4.69, 9.17) is 19.9 Å². The number of hydrogen-bond acceptors (Lipinski definition) is 5. The largest absolute Gasteiger partial charge is 0.306 e. The topological polar surface area (TPSA) is 61.4 Å². The van der Waals surface area contributed by atoms with E-state index in [2.05, 4.69) is 179 Å². The lowest BCUT2D eigenvalue weighted by Gasteiger charge is -2.15. The predicted octanol–water partition coefficient (Wildman–Crippen LogP) is 13.3. The van der Waals surface area contributed by atoms with Gasteiger partial charge in [-0.3, -0.25) is 4.57 Å². The van der Waals surface area contributed by atoms with Crippen molar-refractivity contribution in [2.75, 3.05) is 0 Å². The normalized spacial score (nSPS) is 11.7. The smallest absolute Gasteiger partial charge is 0.238 e. The zero-order valence-electron chi connectivity index (χ0n) is 31.6. The molecule has 59 heavy (non-hydrogen) atoms. The molecule has 8 aromatic carbocycles. The van der Waals surface area contributed by atoms with Crippen LogP contribution in [0.2, 0.25) is 0 Å². The second-order valence-electron chi connectivity index (χ2n) is 14.7. The SMILES string of the molecule is c1ccc(-c2cccc(-c3nc(-c4ccccc4)nc(-n4c5ccccc5c5ccc6c7ccccc7n(-c7ccccc7-c7nc8ccccc8s7)c6c54)n3)c2)cc1. The number of hydrogen-bond donors (Lipinski definition) is 0. The fraction of sp³-hybridized carbons (Fsp3) is 0. The molecule has 0 atom stereocenters. The molecule has 0 saturated carbocycles. The van der Waals surface area contributed by atoms with E-state index in [0.29, 0.717) is 17.6 Å². The average molecular weight is 773 g/mol. The Hall–Kier alpha value is -7.74. The van der Waals surface area contributed by atoms with E-state index >= 15 is 0 Å². The van der Waals surface area contributed by atoms with Crippen LogP contribution in [0.25, 0.3) is 110 Å². The molecule has 0 aliphatic heterocycles. The molecular weight excluding hydrogens is 741 g/mol. The summed E-state index contributed by atoms with van der Waals surface area (Å²) in [5.74, 6) is 1.76. The summed E-state index contributed by atoms with van der Waals surface area (Å²) in [6.07, 6.45) is 0. The van der Waals surface area contributed by atoms with Crippen LogP contribution in [0.4, 0.5) is 0 Å². The van der Waals surface area contributed by atoms with Crippen molar-refractivity contribution in [1.82, 2.24) is 29.1 Å². The van der Waals surface area contributed by atoms with Crippen molar-refractivity contribution < 1.29 is 0 Å². The van der Waals surface area contributed by atoms with Crippen LogP contribution in [0.1, 0.15) is 0 Å². The molecule has 0 saturated heterocycles. The quantitative estimate of drug-likeness (QED) is 0.169. The molecule has 0 unspecified atom stereocenters. The highest BCUT2D eigenvalue weighted by Crippen LogP contribution is 2.44. The van der Waals surface area contributed by atoms with Gasteiger partial charge in [0.25, 0.3) is 0 Å². The van der Waals surface area contributed by atoms with Crippen LogP contribution in [0.15, 0.2) is 194 Å². The molecule has 12 aromatic rings. The third-order valence-electron chi connectivity index (χ3n) is 11.2. The summed E-state index contributed by atoms with van der Waals surface area (Å²) in [7, 11) is 0. The molecule has 0 fully saturated rings.